The van der Waals surface area contributed by atoms with E-state index in [9.17, 15) is 4.39 Å². The fourth-order valence-electron chi connectivity index (χ4n) is 0.895. The van der Waals surface area contributed by atoms with Crippen LogP contribution < -0.4 is 0 Å². The first-order chi connectivity index (χ1) is 5.65. The maximum atomic E-state index is 13.1. The van der Waals surface area contributed by atoms with Gasteiger partial charge in [0, 0.05) is 22.8 Å². The van der Waals surface area contributed by atoms with Gasteiger partial charge in [0.05, 0.1) is 0 Å². The maximum Gasteiger partial charge on any atom is 0.132 e. The number of nitrogens with zero attached hydrogens (tertiary/aromatic N) is 1. The number of hydrogen-bond acceptors (Lipinski definition) is 1. The van der Waals surface area contributed by atoms with Gasteiger partial charge in [-0.05, 0) is 25.1 Å². The van der Waals surface area contributed by atoms with Gasteiger partial charge in [-0.15, -0.1) is 0 Å². The number of halogens is 2. The number of hydrogen-bond donors (Lipinski definition) is 0. The molecule has 0 spiro atoms. The van der Waals surface area contributed by atoms with Crippen molar-refractivity contribution < 1.29 is 4.39 Å². The third kappa shape index (κ3) is 1.91. The lowest BCUT2D eigenvalue weighted by Gasteiger charge is -2.01. The van der Waals surface area contributed by atoms with Gasteiger partial charge in [-0.25, -0.2) is 4.39 Å². The van der Waals surface area contributed by atoms with Crippen molar-refractivity contribution in [1.82, 2.24) is 0 Å². The van der Waals surface area contributed by atoms with Crippen LogP contribution >= 0.6 is 15.9 Å². The Kier molecular flexibility index (Phi) is 2.98. The van der Waals surface area contributed by atoms with Crippen LogP contribution in [0.1, 0.15) is 12.5 Å². The Morgan fingerprint density at radius 1 is 1.50 bits per heavy atom. The Morgan fingerprint density at radius 2 is 2.17 bits per heavy atom. The Bertz CT molecular complexity index is 320. The van der Waals surface area contributed by atoms with Crippen LogP contribution in [0.25, 0.3) is 0 Å². The van der Waals surface area contributed by atoms with Crippen LogP contribution in [0, 0.1) is 5.82 Å². The predicted octanol–water partition coefficient (Wildman–Crippen LogP) is 3.03. The average molecular weight is 230 g/mol. The van der Waals surface area contributed by atoms with Crippen molar-refractivity contribution in [3.05, 3.63) is 34.1 Å². The highest BCUT2D eigenvalue weighted by molar-refractivity contribution is 9.10. The molecule has 12 heavy (non-hydrogen) atoms. The molecule has 3 heteroatoms. The van der Waals surface area contributed by atoms with E-state index in [4.69, 9.17) is 0 Å². The van der Waals surface area contributed by atoms with Gasteiger partial charge >= 0.3 is 0 Å². The molecule has 1 nitrogen and oxygen atoms in total. The largest absolute Gasteiger partial charge is 0.293 e. The second-order valence-electron chi connectivity index (χ2n) is 2.43. The third-order valence-corrected chi connectivity index (χ3v) is 2.15. The molecule has 0 aliphatic carbocycles. The lowest BCUT2D eigenvalue weighted by molar-refractivity contribution is 0.625. The van der Waals surface area contributed by atoms with Crippen LogP contribution in [0.15, 0.2) is 27.7 Å². The summed E-state index contributed by atoms with van der Waals surface area (Å²) in [5, 5.41) is 0. The monoisotopic (exact) mass is 229 g/mol. The summed E-state index contributed by atoms with van der Waals surface area (Å²) >= 11 is 3.27. The number of rotatable bonds is 1. The highest BCUT2D eigenvalue weighted by Gasteiger charge is 2.04. The summed E-state index contributed by atoms with van der Waals surface area (Å²) < 4.78 is 14.0. The van der Waals surface area contributed by atoms with Gasteiger partial charge in [-0.3, -0.25) is 4.99 Å². The standard InChI is InChI=1S/C9H9BrFN/c1-6(12-2)8-5-7(10)3-4-9(8)11/h3-5H,1-2H3. The molecule has 1 aromatic carbocycles. The highest BCUT2D eigenvalue weighted by atomic mass is 79.9. The first-order valence-corrected chi connectivity index (χ1v) is 4.33. The minimum atomic E-state index is -0.235. The van der Waals surface area contributed by atoms with E-state index in [1.54, 1.807) is 26.1 Å². The van der Waals surface area contributed by atoms with Crippen molar-refractivity contribution in [2.45, 2.75) is 6.92 Å². The summed E-state index contributed by atoms with van der Waals surface area (Å²) in [4.78, 5) is 3.92. The molecule has 1 rings (SSSR count). The molecule has 0 radical (unpaired) electrons. The Hall–Kier alpha value is -0.700. The predicted molar refractivity (Wildman–Crippen MR) is 52.2 cm³/mol. The molecule has 0 bridgehead atoms. The molecule has 0 fully saturated rings. The van der Waals surface area contributed by atoms with Gasteiger partial charge in [0.25, 0.3) is 0 Å². The van der Waals surface area contributed by atoms with E-state index in [1.807, 2.05) is 0 Å². The van der Waals surface area contributed by atoms with Crippen LogP contribution in [-0.4, -0.2) is 12.8 Å². The van der Waals surface area contributed by atoms with Gasteiger partial charge in [0.15, 0.2) is 0 Å². The van der Waals surface area contributed by atoms with Gasteiger partial charge in [-0.1, -0.05) is 15.9 Å². The first kappa shape index (κ1) is 9.39. The van der Waals surface area contributed by atoms with Gasteiger partial charge in [0.1, 0.15) is 5.82 Å². The first-order valence-electron chi connectivity index (χ1n) is 3.54. The molecule has 64 valence electrons. The molecule has 0 aliphatic rings. The van der Waals surface area contributed by atoms with Crippen molar-refractivity contribution >= 4 is 21.6 Å². The molecule has 0 N–H and O–H groups in total. The van der Waals surface area contributed by atoms with Crippen molar-refractivity contribution in [2.24, 2.45) is 4.99 Å². The molecule has 0 heterocycles. The van der Waals surface area contributed by atoms with E-state index in [0.717, 1.165) is 4.47 Å². The Balaban J connectivity index is 3.23. The summed E-state index contributed by atoms with van der Waals surface area (Å²) in [7, 11) is 1.65. The summed E-state index contributed by atoms with van der Waals surface area (Å²) in [5.74, 6) is -0.235. The zero-order valence-electron chi connectivity index (χ0n) is 6.94. The second-order valence-corrected chi connectivity index (χ2v) is 3.35. The fraction of sp³-hybridized carbons (Fsp3) is 0.222. The van der Waals surface area contributed by atoms with Crippen molar-refractivity contribution in [3.8, 4) is 0 Å². The zero-order chi connectivity index (χ0) is 9.14. The van der Waals surface area contributed by atoms with E-state index in [-0.39, 0.29) is 5.82 Å². The summed E-state index contributed by atoms with van der Waals surface area (Å²) in [6.45, 7) is 1.78. The maximum absolute atomic E-state index is 13.1. The lowest BCUT2D eigenvalue weighted by atomic mass is 10.1. The second kappa shape index (κ2) is 3.81. The summed E-state index contributed by atoms with van der Waals surface area (Å²) in [5.41, 5.74) is 1.25. The van der Waals surface area contributed by atoms with E-state index >= 15 is 0 Å². The van der Waals surface area contributed by atoms with Crippen molar-refractivity contribution in [3.63, 3.8) is 0 Å². The van der Waals surface area contributed by atoms with Crippen LogP contribution in [0.4, 0.5) is 4.39 Å². The molecule has 0 aliphatic heterocycles. The number of benzene rings is 1. The molecule has 1 aromatic rings. The molecule has 0 saturated carbocycles. The molecule has 0 atom stereocenters. The molecule has 0 unspecified atom stereocenters. The Labute approximate surface area is 79.5 Å². The average Bonchev–Trinajstić information content (AvgIpc) is 2.08. The number of aliphatic imine (C=N–C) groups is 1. The quantitative estimate of drug-likeness (QED) is 0.657. The molecular formula is C9H9BrFN. The molecule has 0 saturated heterocycles. The molecule has 0 amide bonds. The highest BCUT2D eigenvalue weighted by Crippen LogP contribution is 2.16. The van der Waals surface area contributed by atoms with Crippen molar-refractivity contribution in [1.29, 1.82) is 0 Å². The van der Waals surface area contributed by atoms with Gasteiger partial charge in [-0.2, -0.15) is 0 Å². The SMILES string of the molecule is CN=C(C)c1cc(Br)ccc1F. The zero-order valence-corrected chi connectivity index (χ0v) is 8.52. The molecule has 0 aromatic heterocycles. The van der Waals surface area contributed by atoms with Gasteiger partial charge < -0.3 is 0 Å². The van der Waals surface area contributed by atoms with Crippen LogP contribution in [0.2, 0.25) is 0 Å². The van der Waals surface area contributed by atoms with E-state index in [1.165, 1.54) is 6.07 Å². The van der Waals surface area contributed by atoms with Crippen LogP contribution in [-0.2, 0) is 0 Å². The van der Waals surface area contributed by atoms with Crippen molar-refractivity contribution in [2.75, 3.05) is 7.05 Å². The fourth-order valence-corrected chi connectivity index (χ4v) is 1.26. The minimum Gasteiger partial charge on any atom is -0.293 e. The van der Waals surface area contributed by atoms with Gasteiger partial charge in [0.2, 0.25) is 0 Å². The van der Waals surface area contributed by atoms with Crippen LogP contribution in [0.5, 0.6) is 0 Å². The normalized spacial score (nSPS) is 11.8. The third-order valence-electron chi connectivity index (χ3n) is 1.65. The van der Waals surface area contributed by atoms with E-state index in [0.29, 0.717) is 11.3 Å². The summed E-state index contributed by atoms with van der Waals surface area (Å²) in [6.07, 6.45) is 0. The topological polar surface area (TPSA) is 12.4 Å². The van der Waals surface area contributed by atoms with E-state index < -0.39 is 0 Å². The minimum absolute atomic E-state index is 0.235. The lowest BCUT2D eigenvalue weighted by Crippen LogP contribution is -1.98. The Morgan fingerprint density at radius 3 is 2.75 bits per heavy atom. The summed E-state index contributed by atoms with van der Waals surface area (Å²) in [6, 6.07) is 4.81. The smallest absolute Gasteiger partial charge is 0.132 e. The van der Waals surface area contributed by atoms with Crippen LogP contribution in [0.3, 0.4) is 0 Å². The van der Waals surface area contributed by atoms with E-state index in [2.05, 4.69) is 20.9 Å². The molecular weight excluding hydrogens is 221 g/mol.